The fourth-order valence-corrected chi connectivity index (χ4v) is 2.80. The largest absolute Gasteiger partial charge is 0.481 e. The van der Waals surface area contributed by atoms with Gasteiger partial charge in [-0.2, -0.15) is 0 Å². The van der Waals surface area contributed by atoms with Gasteiger partial charge in [0.15, 0.2) is 0 Å². The number of carboxylic acids is 1. The number of rotatable bonds is 7. The summed E-state index contributed by atoms with van der Waals surface area (Å²) < 4.78 is 0. The minimum Gasteiger partial charge on any atom is -0.481 e. The van der Waals surface area contributed by atoms with Crippen LogP contribution in [-0.2, 0) is 9.59 Å². The highest BCUT2D eigenvalue weighted by Crippen LogP contribution is 2.26. The number of carboxylic acid groups (broad SMARTS) is 1. The predicted octanol–water partition coefficient (Wildman–Crippen LogP) is 2.82. The number of hydrogen-bond donors (Lipinski definition) is 2. The highest BCUT2D eigenvalue weighted by atomic mass is 16.4. The zero-order valence-corrected chi connectivity index (χ0v) is 12.2. The molecule has 0 radical (unpaired) electrons. The van der Waals surface area contributed by atoms with Crippen molar-refractivity contribution in [2.75, 3.05) is 6.54 Å². The number of carbonyl (C=O) groups is 2. The van der Waals surface area contributed by atoms with E-state index in [9.17, 15) is 9.59 Å². The Labute approximate surface area is 116 Å². The third-order valence-electron chi connectivity index (χ3n) is 3.85. The summed E-state index contributed by atoms with van der Waals surface area (Å²) in [6.07, 6.45) is 7.19. The van der Waals surface area contributed by atoms with E-state index in [2.05, 4.69) is 5.32 Å². The first-order chi connectivity index (χ1) is 8.99. The predicted molar refractivity (Wildman–Crippen MR) is 74.8 cm³/mol. The first-order valence-corrected chi connectivity index (χ1v) is 7.48. The fourth-order valence-electron chi connectivity index (χ4n) is 2.80. The highest BCUT2D eigenvalue weighted by Gasteiger charge is 2.21. The van der Waals surface area contributed by atoms with Crippen molar-refractivity contribution in [2.45, 2.75) is 58.8 Å². The maximum Gasteiger partial charge on any atom is 0.308 e. The van der Waals surface area contributed by atoms with Crippen LogP contribution in [0.1, 0.15) is 58.8 Å². The summed E-state index contributed by atoms with van der Waals surface area (Å²) in [4.78, 5) is 22.9. The smallest absolute Gasteiger partial charge is 0.308 e. The zero-order valence-electron chi connectivity index (χ0n) is 12.2. The lowest BCUT2D eigenvalue weighted by molar-refractivity contribution is -0.142. The second kappa shape index (κ2) is 8.18. The van der Waals surface area contributed by atoms with E-state index in [1.54, 1.807) is 0 Å². The van der Waals surface area contributed by atoms with Crippen molar-refractivity contribution in [3.63, 3.8) is 0 Å². The Hall–Kier alpha value is -1.06. The van der Waals surface area contributed by atoms with Crippen molar-refractivity contribution in [1.29, 1.82) is 0 Å². The van der Waals surface area contributed by atoms with Gasteiger partial charge < -0.3 is 10.4 Å². The average Bonchev–Trinajstić information content (AvgIpc) is 2.35. The van der Waals surface area contributed by atoms with Gasteiger partial charge in [0, 0.05) is 13.0 Å². The Kier molecular flexibility index (Phi) is 6.89. The van der Waals surface area contributed by atoms with Crippen molar-refractivity contribution in [3.8, 4) is 0 Å². The van der Waals surface area contributed by atoms with Crippen molar-refractivity contribution in [2.24, 2.45) is 17.8 Å². The van der Waals surface area contributed by atoms with E-state index in [0.717, 1.165) is 12.8 Å². The molecule has 1 aliphatic rings. The number of carbonyl (C=O) groups excluding carboxylic acids is 1. The van der Waals surface area contributed by atoms with Gasteiger partial charge >= 0.3 is 5.97 Å². The Bertz CT molecular complexity index is 296. The Morgan fingerprint density at radius 3 is 2.37 bits per heavy atom. The second-order valence-corrected chi connectivity index (χ2v) is 6.18. The van der Waals surface area contributed by atoms with Crippen LogP contribution in [0.5, 0.6) is 0 Å². The number of hydrogen-bond acceptors (Lipinski definition) is 2. The molecule has 110 valence electrons. The van der Waals surface area contributed by atoms with E-state index < -0.39 is 11.9 Å². The van der Waals surface area contributed by atoms with Crippen LogP contribution in [0.25, 0.3) is 0 Å². The molecule has 0 aromatic heterocycles. The van der Waals surface area contributed by atoms with Crippen molar-refractivity contribution in [1.82, 2.24) is 5.32 Å². The van der Waals surface area contributed by atoms with Crippen molar-refractivity contribution < 1.29 is 14.7 Å². The lowest BCUT2D eigenvalue weighted by Crippen LogP contribution is -2.34. The second-order valence-electron chi connectivity index (χ2n) is 6.18. The maximum absolute atomic E-state index is 11.8. The summed E-state index contributed by atoms with van der Waals surface area (Å²) in [7, 11) is 0. The summed E-state index contributed by atoms with van der Waals surface area (Å²) >= 11 is 0. The summed E-state index contributed by atoms with van der Waals surface area (Å²) in [6.45, 7) is 4.26. The molecule has 0 aromatic carbocycles. The molecule has 4 nitrogen and oxygen atoms in total. The van der Waals surface area contributed by atoms with Crippen LogP contribution in [-0.4, -0.2) is 23.5 Å². The summed E-state index contributed by atoms with van der Waals surface area (Å²) in [5.41, 5.74) is 0. The topological polar surface area (TPSA) is 66.4 Å². The highest BCUT2D eigenvalue weighted by molar-refractivity contribution is 5.77. The van der Waals surface area contributed by atoms with Crippen LogP contribution in [0.4, 0.5) is 0 Å². The molecule has 1 unspecified atom stereocenters. The first kappa shape index (κ1) is 16.0. The molecular weight excluding hydrogens is 242 g/mol. The molecule has 1 saturated carbocycles. The molecule has 1 amide bonds. The zero-order chi connectivity index (χ0) is 14.3. The van der Waals surface area contributed by atoms with Crippen LogP contribution < -0.4 is 5.32 Å². The monoisotopic (exact) mass is 269 g/mol. The van der Waals surface area contributed by atoms with Crippen LogP contribution >= 0.6 is 0 Å². The fraction of sp³-hybridized carbons (Fsp3) is 0.867. The molecular formula is C15H27NO3. The molecule has 0 aromatic rings. The molecule has 0 bridgehead atoms. The number of aliphatic carboxylic acids is 1. The quantitative estimate of drug-likeness (QED) is 0.747. The third kappa shape index (κ3) is 6.60. The van der Waals surface area contributed by atoms with Gasteiger partial charge in [0.05, 0.1) is 5.92 Å². The van der Waals surface area contributed by atoms with Crippen molar-refractivity contribution in [3.05, 3.63) is 0 Å². The molecule has 0 saturated heterocycles. The average molecular weight is 269 g/mol. The molecule has 1 fully saturated rings. The maximum atomic E-state index is 11.8. The molecule has 0 aliphatic heterocycles. The molecule has 2 N–H and O–H groups in total. The standard InChI is InChI=1S/C15H27NO3/c1-11(2)8-13(15(18)19)10-16-14(17)9-12-6-4-3-5-7-12/h11-13H,3-10H2,1-2H3,(H,16,17)(H,18,19). The van der Waals surface area contributed by atoms with Gasteiger partial charge in [-0.1, -0.05) is 33.1 Å². The van der Waals surface area contributed by atoms with E-state index >= 15 is 0 Å². The van der Waals surface area contributed by atoms with Crippen LogP contribution in [0, 0.1) is 17.8 Å². The summed E-state index contributed by atoms with van der Waals surface area (Å²) in [5.74, 6) is -0.428. The molecule has 1 atom stereocenters. The Balaban J connectivity index is 2.28. The van der Waals surface area contributed by atoms with E-state index in [1.165, 1.54) is 19.3 Å². The van der Waals surface area contributed by atoms with E-state index in [0.29, 0.717) is 24.7 Å². The first-order valence-electron chi connectivity index (χ1n) is 7.48. The van der Waals surface area contributed by atoms with E-state index in [1.807, 2.05) is 13.8 Å². The number of amides is 1. The molecule has 0 heterocycles. The molecule has 4 heteroatoms. The van der Waals surface area contributed by atoms with Gasteiger partial charge in [-0.15, -0.1) is 0 Å². The minimum absolute atomic E-state index is 0.0157. The van der Waals surface area contributed by atoms with Crippen molar-refractivity contribution >= 4 is 11.9 Å². The third-order valence-corrected chi connectivity index (χ3v) is 3.85. The Morgan fingerprint density at radius 2 is 1.84 bits per heavy atom. The SMILES string of the molecule is CC(C)CC(CNC(=O)CC1CCCCC1)C(=O)O. The van der Waals surface area contributed by atoms with Crippen LogP contribution in [0.15, 0.2) is 0 Å². The van der Waals surface area contributed by atoms with Gasteiger partial charge in [0.1, 0.15) is 0 Å². The summed E-state index contributed by atoms with van der Waals surface area (Å²) in [5, 5.41) is 11.9. The van der Waals surface area contributed by atoms with Crippen LogP contribution in [0.3, 0.4) is 0 Å². The normalized spacial score (nSPS) is 18.3. The number of nitrogens with one attached hydrogen (secondary N) is 1. The lowest BCUT2D eigenvalue weighted by Gasteiger charge is -2.21. The van der Waals surface area contributed by atoms with Gasteiger partial charge in [0.25, 0.3) is 0 Å². The summed E-state index contributed by atoms with van der Waals surface area (Å²) in [6, 6.07) is 0. The van der Waals surface area contributed by atoms with Gasteiger partial charge in [0.2, 0.25) is 5.91 Å². The van der Waals surface area contributed by atoms with Gasteiger partial charge in [-0.25, -0.2) is 0 Å². The minimum atomic E-state index is -0.813. The molecule has 1 aliphatic carbocycles. The van der Waals surface area contributed by atoms with Gasteiger partial charge in [-0.05, 0) is 31.1 Å². The lowest BCUT2D eigenvalue weighted by atomic mass is 9.87. The van der Waals surface area contributed by atoms with E-state index in [4.69, 9.17) is 5.11 Å². The Morgan fingerprint density at radius 1 is 1.21 bits per heavy atom. The molecule has 0 spiro atoms. The molecule has 19 heavy (non-hydrogen) atoms. The van der Waals surface area contributed by atoms with E-state index in [-0.39, 0.29) is 12.5 Å². The van der Waals surface area contributed by atoms with Gasteiger partial charge in [-0.3, -0.25) is 9.59 Å². The van der Waals surface area contributed by atoms with Crippen LogP contribution in [0.2, 0.25) is 0 Å². The molecule has 1 rings (SSSR count).